The number of carbonyl (C=O) groups is 2. The topological polar surface area (TPSA) is 66.4 Å². The predicted molar refractivity (Wildman–Crippen MR) is 56.7 cm³/mol. The van der Waals surface area contributed by atoms with E-state index in [1.165, 1.54) is 0 Å². The maximum Gasteiger partial charge on any atom is 0.326 e. The Hall–Kier alpha value is -1.20. The van der Waals surface area contributed by atoms with E-state index < -0.39 is 35.7 Å². The monoisotopic (exact) mass is 249 g/mol. The Balaban J connectivity index is 2.63. The molecule has 0 aliphatic heterocycles. The molecule has 0 aromatic rings. The molecule has 1 amide bonds. The van der Waals surface area contributed by atoms with Crippen LogP contribution in [0.25, 0.3) is 0 Å². The van der Waals surface area contributed by atoms with E-state index in [9.17, 15) is 18.4 Å². The number of halogens is 2. The van der Waals surface area contributed by atoms with Gasteiger partial charge in [0.25, 0.3) is 5.92 Å². The summed E-state index contributed by atoms with van der Waals surface area (Å²) in [4.78, 5) is 22.5. The standard InChI is InChI=1S/C11H17F2NO3/c1-6(2)4-7(8(15)16)14-9(17)10(3)5-11(10,12)13/h6-7H,4-5H2,1-3H3,(H,14,17)(H,15,16)/t7-,10?/m1/s1. The molecule has 1 unspecified atom stereocenters. The number of hydrogen-bond acceptors (Lipinski definition) is 2. The molecule has 0 radical (unpaired) electrons. The Morgan fingerprint density at radius 2 is 1.88 bits per heavy atom. The van der Waals surface area contributed by atoms with Gasteiger partial charge < -0.3 is 10.4 Å². The molecule has 1 rings (SSSR count). The fraction of sp³-hybridized carbons (Fsp3) is 0.818. The summed E-state index contributed by atoms with van der Waals surface area (Å²) in [5.74, 6) is -5.03. The smallest absolute Gasteiger partial charge is 0.326 e. The van der Waals surface area contributed by atoms with Crippen LogP contribution in [0.15, 0.2) is 0 Å². The number of rotatable bonds is 5. The van der Waals surface area contributed by atoms with E-state index in [0.29, 0.717) is 0 Å². The molecule has 1 saturated carbocycles. The minimum atomic E-state index is -3.02. The zero-order valence-corrected chi connectivity index (χ0v) is 10.1. The van der Waals surface area contributed by atoms with Crippen LogP contribution in [0, 0.1) is 11.3 Å². The second-order valence-electron chi connectivity index (χ2n) is 5.21. The molecule has 0 saturated heterocycles. The van der Waals surface area contributed by atoms with Gasteiger partial charge in [-0.3, -0.25) is 4.79 Å². The van der Waals surface area contributed by atoms with E-state index in [1.807, 2.05) is 0 Å². The van der Waals surface area contributed by atoms with Crippen molar-refractivity contribution >= 4 is 11.9 Å². The number of amides is 1. The van der Waals surface area contributed by atoms with Crippen LogP contribution in [0.4, 0.5) is 8.78 Å². The van der Waals surface area contributed by atoms with Crippen LogP contribution in [0.2, 0.25) is 0 Å². The zero-order valence-electron chi connectivity index (χ0n) is 10.1. The quantitative estimate of drug-likeness (QED) is 0.778. The summed E-state index contributed by atoms with van der Waals surface area (Å²) in [5.41, 5.74) is -1.74. The average Bonchev–Trinajstić information content (AvgIpc) is 2.65. The molecule has 0 heterocycles. The summed E-state index contributed by atoms with van der Waals surface area (Å²) in [6.45, 7) is 4.75. The van der Waals surface area contributed by atoms with Crippen molar-refractivity contribution in [2.24, 2.45) is 11.3 Å². The molecule has 2 N–H and O–H groups in total. The summed E-state index contributed by atoms with van der Waals surface area (Å²) in [7, 11) is 0. The minimum absolute atomic E-state index is 0.0592. The minimum Gasteiger partial charge on any atom is -0.480 e. The van der Waals surface area contributed by atoms with Crippen molar-refractivity contribution < 1.29 is 23.5 Å². The fourth-order valence-electron chi connectivity index (χ4n) is 1.66. The average molecular weight is 249 g/mol. The highest BCUT2D eigenvalue weighted by Gasteiger charge is 2.72. The number of alkyl halides is 2. The first-order valence-electron chi connectivity index (χ1n) is 5.52. The molecule has 4 nitrogen and oxygen atoms in total. The summed E-state index contributed by atoms with van der Waals surface area (Å²) < 4.78 is 25.9. The Bertz CT molecular complexity index is 344. The van der Waals surface area contributed by atoms with Gasteiger partial charge in [0.2, 0.25) is 5.91 Å². The van der Waals surface area contributed by atoms with Crippen LogP contribution in [-0.4, -0.2) is 28.9 Å². The highest BCUT2D eigenvalue weighted by molar-refractivity contribution is 5.90. The predicted octanol–water partition coefficient (Wildman–Crippen LogP) is 1.65. The molecule has 2 atom stereocenters. The lowest BCUT2D eigenvalue weighted by molar-refractivity contribution is -0.144. The van der Waals surface area contributed by atoms with Crippen LogP contribution in [-0.2, 0) is 9.59 Å². The molecule has 98 valence electrons. The summed E-state index contributed by atoms with van der Waals surface area (Å²) in [6.07, 6.45) is -0.289. The van der Waals surface area contributed by atoms with Gasteiger partial charge in [0.05, 0.1) is 0 Å². The van der Waals surface area contributed by atoms with Gasteiger partial charge in [-0.05, 0) is 19.3 Å². The Labute approximate surface area is 98.4 Å². The number of carbonyl (C=O) groups excluding carboxylic acids is 1. The molecule has 0 aromatic heterocycles. The number of hydrogen-bond donors (Lipinski definition) is 2. The number of carboxylic acid groups (broad SMARTS) is 1. The molecule has 1 fully saturated rings. The maximum atomic E-state index is 12.9. The largest absolute Gasteiger partial charge is 0.480 e. The lowest BCUT2D eigenvalue weighted by atomic mass is 10.0. The number of nitrogens with one attached hydrogen (secondary N) is 1. The van der Waals surface area contributed by atoms with Crippen molar-refractivity contribution in [1.82, 2.24) is 5.32 Å². The van der Waals surface area contributed by atoms with E-state index >= 15 is 0 Å². The molecular weight excluding hydrogens is 232 g/mol. The molecular formula is C11H17F2NO3. The second kappa shape index (κ2) is 4.23. The van der Waals surface area contributed by atoms with Gasteiger partial charge in [-0.25, -0.2) is 13.6 Å². The van der Waals surface area contributed by atoms with Crippen molar-refractivity contribution in [3.8, 4) is 0 Å². The normalized spacial score (nSPS) is 27.6. The molecule has 0 bridgehead atoms. The second-order valence-corrected chi connectivity index (χ2v) is 5.21. The zero-order chi connectivity index (χ0) is 13.4. The van der Waals surface area contributed by atoms with Gasteiger partial charge in [-0.15, -0.1) is 0 Å². The first-order chi connectivity index (χ1) is 7.60. The van der Waals surface area contributed by atoms with Gasteiger partial charge in [-0.2, -0.15) is 0 Å². The van der Waals surface area contributed by atoms with Crippen molar-refractivity contribution in [2.45, 2.75) is 45.6 Å². The van der Waals surface area contributed by atoms with Gasteiger partial charge in [-0.1, -0.05) is 13.8 Å². The molecule has 1 aliphatic rings. The van der Waals surface area contributed by atoms with Crippen molar-refractivity contribution in [2.75, 3.05) is 0 Å². The Kier molecular flexibility index (Phi) is 3.45. The lowest BCUT2D eigenvalue weighted by Gasteiger charge is -2.19. The van der Waals surface area contributed by atoms with E-state index in [4.69, 9.17) is 5.11 Å². The highest BCUT2D eigenvalue weighted by atomic mass is 19.3. The number of carboxylic acids is 1. The molecule has 17 heavy (non-hydrogen) atoms. The van der Waals surface area contributed by atoms with E-state index in [2.05, 4.69) is 5.32 Å². The first-order valence-corrected chi connectivity index (χ1v) is 5.52. The Morgan fingerprint density at radius 1 is 1.41 bits per heavy atom. The van der Waals surface area contributed by atoms with Crippen LogP contribution in [0.3, 0.4) is 0 Å². The van der Waals surface area contributed by atoms with E-state index in [1.54, 1.807) is 13.8 Å². The first kappa shape index (κ1) is 13.9. The lowest BCUT2D eigenvalue weighted by Crippen LogP contribution is -2.45. The van der Waals surface area contributed by atoms with E-state index in [0.717, 1.165) is 6.92 Å². The van der Waals surface area contributed by atoms with E-state index in [-0.39, 0.29) is 12.3 Å². The molecule has 1 aliphatic carbocycles. The SMILES string of the molecule is CC(C)C[C@@H](NC(=O)C1(C)CC1(F)F)C(=O)O. The maximum absolute atomic E-state index is 12.9. The van der Waals surface area contributed by atoms with Gasteiger partial charge in [0.1, 0.15) is 11.5 Å². The Morgan fingerprint density at radius 3 is 2.18 bits per heavy atom. The van der Waals surface area contributed by atoms with Crippen LogP contribution < -0.4 is 5.32 Å². The van der Waals surface area contributed by atoms with Crippen LogP contribution in [0.5, 0.6) is 0 Å². The molecule has 0 spiro atoms. The van der Waals surface area contributed by atoms with Crippen molar-refractivity contribution in [1.29, 1.82) is 0 Å². The third kappa shape index (κ3) is 2.73. The van der Waals surface area contributed by atoms with Crippen LogP contribution in [0.1, 0.15) is 33.6 Å². The summed E-state index contributed by atoms with van der Waals surface area (Å²) >= 11 is 0. The fourth-order valence-corrected chi connectivity index (χ4v) is 1.66. The number of aliphatic carboxylic acids is 1. The molecule has 6 heteroatoms. The summed E-state index contributed by atoms with van der Waals surface area (Å²) in [5, 5.41) is 11.1. The van der Waals surface area contributed by atoms with Gasteiger partial charge in [0.15, 0.2) is 0 Å². The van der Waals surface area contributed by atoms with Crippen LogP contribution >= 0.6 is 0 Å². The van der Waals surface area contributed by atoms with Gasteiger partial charge >= 0.3 is 5.97 Å². The van der Waals surface area contributed by atoms with Crippen molar-refractivity contribution in [3.05, 3.63) is 0 Å². The molecule has 0 aromatic carbocycles. The van der Waals surface area contributed by atoms with Crippen molar-refractivity contribution in [3.63, 3.8) is 0 Å². The third-order valence-electron chi connectivity index (χ3n) is 3.07. The summed E-state index contributed by atoms with van der Waals surface area (Å²) in [6, 6.07) is -1.10. The van der Waals surface area contributed by atoms with Gasteiger partial charge in [0, 0.05) is 6.42 Å². The highest BCUT2D eigenvalue weighted by Crippen LogP contribution is 2.60. The third-order valence-corrected chi connectivity index (χ3v) is 3.07.